The van der Waals surface area contributed by atoms with Crippen LogP contribution in [-0.4, -0.2) is 20.6 Å². The highest BCUT2D eigenvalue weighted by molar-refractivity contribution is 9.10. The third-order valence-electron chi connectivity index (χ3n) is 3.61. The van der Waals surface area contributed by atoms with E-state index in [0.29, 0.717) is 0 Å². The number of halogens is 1. The SMILES string of the molecule is Brc1ccccc1-c1nnc2n1CN(c1ccccc1)CS2. The highest BCUT2D eigenvalue weighted by atomic mass is 79.9. The highest BCUT2D eigenvalue weighted by Crippen LogP contribution is 2.33. The lowest BCUT2D eigenvalue weighted by Crippen LogP contribution is -2.30. The van der Waals surface area contributed by atoms with Gasteiger partial charge in [0.1, 0.15) is 0 Å². The summed E-state index contributed by atoms with van der Waals surface area (Å²) in [6, 6.07) is 18.6. The third-order valence-corrected chi connectivity index (χ3v) is 5.31. The van der Waals surface area contributed by atoms with Gasteiger partial charge < -0.3 is 4.90 Å². The number of hydrogen-bond acceptors (Lipinski definition) is 4. The molecule has 4 nitrogen and oxygen atoms in total. The Balaban J connectivity index is 1.73. The molecule has 6 heteroatoms. The van der Waals surface area contributed by atoms with Crippen LogP contribution in [0.4, 0.5) is 5.69 Å². The zero-order valence-corrected chi connectivity index (χ0v) is 14.1. The van der Waals surface area contributed by atoms with Gasteiger partial charge in [0, 0.05) is 15.7 Å². The van der Waals surface area contributed by atoms with Crippen LogP contribution in [0.3, 0.4) is 0 Å². The summed E-state index contributed by atoms with van der Waals surface area (Å²) >= 11 is 5.32. The maximum Gasteiger partial charge on any atom is 0.194 e. The van der Waals surface area contributed by atoms with E-state index in [4.69, 9.17) is 0 Å². The molecule has 1 aliphatic heterocycles. The van der Waals surface area contributed by atoms with Crippen molar-refractivity contribution in [2.24, 2.45) is 0 Å². The Hall–Kier alpha value is -1.79. The summed E-state index contributed by atoms with van der Waals surface area (Å²) < 4.78 is 3.20. The van der Waals surface area contributed by atoms with Gasteiger partial charge in [-0.25, -0.2) is 0 Å². The zero-order chi connectivity index (χ0) is 14.9. The Bertz CT molecular complexity index is 803. The molecule has 2 aromatic carbocycles. The first-order valence-electron chi connectivity index (χ1n) is 6.94. The number of benzene rings is 2. The average Bonchev–Trinajstić information content (AvgIpc) is 2.99. The molecule has 0 saturated heterocycles. The fourth-order valence-electron chi connectivity index (χ4n) is 2.51. The van der Waals surface area contributed by atoms with Gasteiger partial charge in [-0.2, -0.15) is 0 Å². The minimum absolute atomic E-state index is 0.760. The van der Waals surface area contributed by atoms with Crippen molar-refractivity contribution in [2.75, 3.05) is 10.8 Å². The molecule has 0 N–H and O–H groups in total. The van der Waals surface area contributed by atoms with Gasteiger partial charge in [0.25, 0.3) is 0 Å². The smallest absolute Gasteiger partial charge is 0.194 e. The van der Waals surface area contributed by atoms with Gasteiger partial charge >= 0.3 is 0 Å². The van der Waals surface area contributed by atoms with Crippen LogP contribution in [0.5, 0.6) is 0 Å². The highest BCUT2D eigenvalue weighted by Gasteiger charge is 2.23. The zero-order valence-electron chi connectivity index (χ0n) is 11.7. The van der Waals surface area contributed by atoms with Gasteiger partial charge in [-0.1, -0.05) is 64.1 Å². The van der Waals surface area contributed by atoms with E-state index >= 15 is 0 Å². The number of para-hydroxylation sites is 1. The Kier molecular flexibility index (Phi) is 3.63. The second kappa shape index (κ2) is 5.78. The molecule has 0 aliphatic carbocycles. The summed E-state index contributed by atoms with van der Waals surface area (Å²) in [5.74, 6) is 1.79. The second-order valence-corrected chi connectivity index (χ2v) is 6.77. The Morgan fingerprint density at radius 1 is 0.955 bits per heavy atom. The number of aromatic nitrogens is 3. The van der Waals surface area contributed by atoms with Crippen LogP contribution < -0.4 is 4.90 Å². The second-order valence-electron chi connectivity index (χ2n) is 5.00. The number of hydrogen-bond donors (Lipinski definition) is 0. The van der Waals surface area contributed by atoms with E-state index in [-0.39, 0.29) is 0 Å². The standard InChI is InChI=1S/C16H13BrN4S/c17-14-9-5-4-8-13(14)15-18-19-16-21(15)10-20(11-22-16)12-6-2-1-3-7-12/h1-9H,10-11H2. The van der Waals surface area contributed by atoms with E-state index in [0.717, 1.165) is 33.6 Å². The van der Waals surface area contributed by atoms with Crippen LogP contribution in [0.2, 0.25) is 0 Å². The van der Waals surface area contributed by atoms with E-state index in [1.165, 1.54) is 5.69 Å². The summed E-state index contributed by atoms with van der Waals surface area (Å²) in [6.45, 7) is 0.760. The van der Waals surface area contributed by atoms with Crippen molar-refractivity contribution in [3.8, 4) is 11.4 Å². The minimum Gasteiger partial charge on any atom is -0.344 e. The fourth-order valence-corrected chi connectivity index (χ4v) is 3.87. The van der Waals surface area contributed by atoms with Crippen molar-refractivity contribution < 1.29 is 0 Å². The van der Waals surface area contributed by atoms with Gasteiger partial charge in [-0.3, -0.25) is 4.57 Å². The summed E-state index contributed by atoms with van der Waals surface area (Å²) in [7, 11) is 0. The van der Waals surface area contributed by atoms with E-state index in [1.807, 2.05) is 24.3 Å². The minimum atomic E-state index is 0.760. The molecule has 3 aromatic rings. The van der Waals surface area contributed by atoms with E-state index in [1.54, 1.807) is 11.8 Å². The quantitative estimate of drug-likeness (QED) is 0.673. The van der Waals surface area contributed by atoms with E-state index in [2.05, 4.69) is 65.9 Å². The van der Waals surface area contributed by atoms with Crippen molar-refractivity contribution in [1.82, 2.24) is 14.8 Å². The summed E-state index contributed by atoms with van der Waals surface area (Å²) in [5, 5.41) is 9.69. The summed E-state index contributed by atoms with van der Waals surface area (Å²) in [4.78, 5) is 2.32. The van der Waals surface area contributed by atoms with Gasteiger partial charge in [0.15, 0.2) is 11.0 Å². The Morgan fingerprint density at radius 2 is 1.73 bits per heavy atom. The molecule has 110 valence electrons. The van der Waals surface area contributed by atoms with Crippen LogP contribution in [0.25, 0.3) is 11.4 Å². The number of anilines is 1. The molecular weight excluding hydrogens is 360 g/mol. The molecule has 0 fully saturated rings. The number of thioether (sulfide) groups is 1. The molecule has 0 spiro atoms. The molecular formula is C16H13BrN4S. The predicted octanol–water partition coefficient (Wildman–Crippen LogP) is 4.23. The van der Waals surface area contributed by atoms with Crippen molar-refractivity contribution in [1.29, 1.82) is 0 Å². The van der Waals surface area contributed by atoms with Crippen LogP contribution >= 0.6 is 27.7 Å². The lowest BCUT2D eigenvalue weighted by atomic mass is 10.2. The molecule has 0 atom stereocenters. The van der Waals surface area contributed by atoms with Gasteiger partial charge in [-0.15, -0.1) is 10.2 Å². The lowest BCUT2D eigenvalue weighted by Gasteiger charge is -2.29. The van der Waals surface area contributed by atoms with Crippen LogP contribution in [0, 0.1) is 0 Å². The molecule has 4 rings (SSSR count). The topological polar surface area (TPSA) is 34.0 Å². The number of nitrogens with zero attached hydrogens (tertiary/aromatic N) is 4. The molecule has 0 amide bonds. The van der Waals surface area contributed by atoms with Crippen molar-refractivity contribution in [3.63, 3.8) is 0 Å². The van der Waals surface area contributed by atoms with Crippen LogP contribution in [0.1, 0.15) is 0 Å². The summed E-state index contributed by atoms with van der Waals surface area (Å²) in [6.07, 6.45) is 0. The monoisotopic (exact) mass is 372 g/mol. The first kappa shape index (κ1) is 13.8. The van der Waals surface area contributed by atoms with E-state index in [9.17, 15) is 0 Å². The van der Waals surface area contributed by atoms with Crippen molar-refractivity contribution >= 4 is 33.4 Å². The molecule has 0 unspecified atom stereocenters. The largest absolute Gasteiger partial charge is 0.344 e. The first-order chi connectivity index (χ1) is 10.8. The van der Waals surface area contributed by atoms with Gasteiger partial charge in [-0.05, 0) is 18.2 Å². The van der Waals surface area contributed by atoms with Crippen molar-refractivity contribution in [2.45, 2.75) is 11.8 Å². The van der Waals surface area contributed by atoms with Gasteiger partial charge in [0.05, 0.1) is 12.5 Å². The molecule has 0 bridgehead atoms. The third kappa shape index (κ3) is 2.42. The molecule has 0 saturated carbocycles. The Morgan fingerprint density at radius 3 is 2.55 bits per heavy atom. The fraction of sp³-hybridized carbons (Fsp3) is 0.125. The van der Waals surface area contributed by atoms with Crippen LogP contribution in [0.15, 0.2) is 64.2 Å². The maximum atomic E-state index is 4.39. The van der Waals surface area contributed by atoms with Gasteiger partial charge in [0.2, 0.25) is 0 Å². The first-order valence-corrected chi connectivity index (χ1v) is 8.72. The van der Waals surface area contributed by atoms with Crippen molar-refractivity contribution in [3.05, 3.63) is 59.1 Å². The molecule has 2 heterocycles. The molecule has 1 aromatic heterocycles. The molecule has 0 radical (unpaired) electrons. The average molecular weight is 373 g/mol. The number of rotatable bonds is 2. The number of fused-ring (bicyclic) bond motifs is 1. The molecule has 1 aliphatic rings. The Labute approximate surface area is 141 Å². The normalized spacial score (nSPS) is 14.0. The molecule has 22 heavy (non-hydrogen) atoms. The predicted molar refractivity (Wildman–Crippen MR) is 92.8 cm³/mol. The lowest BCUT2D eigenvalue weighted by molar-refractivity contribution is 0.608. The van der Waals surface area contributed by atoms with E-state index < -0.39 is 0 Å². The van der Waals surface area contributed by atoms with Crippen LogP contribution in [-0.2, 0) is 6.67 Å². The summed E-state index contributed by atoms with van der Waals surface area (Å²) in [5.41, 5.74) is 2.28. The maximum absolute atomic E-state index is 4.39.